The molecule has 1 aliphatic rings. The number of hydrogen-bond acceptors (Lipinski definition) is 9. The largest absolute Gasteiger partial charge is 0.487 e. The molecule has 0 atom stereocenters. The van der Waals surface area contributed by atoms with Gasteiger partial charge < -0.3 is 42.6 Å². The minimum absolute atomic E-state index is 0.169. The molecule has 0 N–H and O–H groups in total. The molecule has 0 fully saturated rings. The van der Waals surface area contributed by atoms with Crippen molar-refractivity contribution < 1.29 is 42.6 Å². The van der Waals surface area contributed by atoms with Crippen LogP contribution < -0.4 is 23.7 Å². The van der Waals surface area contributed by atoms with Crippen LogP contribution in [0.2, 0.25) is 0 Å². The highest BCUT2D eigenvalue weighted by Gasteiger charge is 2.09. The van der Waals surface area contributed by atoms with Crippen LogP contribution in [0.15, 0.2) is 42.5 Å². The Morgan fingerprint density at radius 1 is 0.556 bits per heavy atom. The molecule has 3 rings (SSSR count). The maximum absolute atomic E-state index is 5.86. The minimum Gasteiger partial charge on any atom is -0.487 e. The van der Waals surface area contributed by atoms with E-state index in [0.717, 1.165) is 0 Å². The summed E-state index contributed by atoms with van der Waals surface area (Å²) < 4.78 is 51.1. The molecule has 0 bridgehead atoms. The van der Waals surface area contributed by atoms with Crippen LogP contribution in [0.5, 0.6) is 28.7 Å². The number of hydrogen-bond donors (Lipinski definition) is 0. The van der Waals surface area contributed by atoms with E-state index in [1.165, 1.54) is 0 Å². The van der Waals surface area contributed by atoms with Gasteiger partial charge in [-0.25, -0.2) is 0 Å². The second-order valence-electron chi connectivity index (χ2n) is 7.39. The quantitative estimate of drug-likeness (QED) is 0.576. The molecule has 0 saturated carbocycles. The third kappa shape index (κ3) is 10.6. The maximum Gasteiger partial charge on any atom is 0.164 e. The highest BCUT2D eigenvalue weighted by molar-refractivity contribution is 5.45. The molecule has 9 heteroatoms. The van der Waals surface area contributed by atoms with E-state index in [0.29, 0.717) is 108 Å². The summed E-state index contributed by atoms with van der Waals surface area (Å²) in [5.74, 6) is 5.50. The molecule has 0 spiro atoms. The molecule has 2 aromatic rings. The highest BCUT2D eigenvalue weighted by Crippen LogP contribution is 2.31. The Morgan fingerprint density at radius 2 is 0.972 bits per heavy atom. The predicted molar refractivity (Wildman–Crippen MR) is 132 cm³/mol. The van der Waals surface area contributed by atoms with E-state index in [4.69, 9.17) is 49.1 Å². The lowest BCUT2D eigenvalue weighted by atomic mass is 10.3. The van der Waals surface area contributed by atoms with Crippen LogP contribution in [0.25, 0.3) is 0 Å². The Bertz CT molecular complexity index is 912. The van der Waals surface area contributed by atoms with Gasteiger partial charge in [0.2, 0.25) is 0 Å². The standard InChI is InChI=1S/C27H34O9/c1-2-9-32-23-7-8-26-27(22-23)36-21-17-31-13-12-29-15-19-34-25-6-4-3-5-24(25)33-18-14-28-10-11-30-16-20-35-26/h1,3-8,22H,9-21H2. The normalized spacial score (nSPS) is 17.2. The Morgan fingerprint density at radius 3 is 1.44 bits per heavy atom. The van der Waals surface area contributed by atoms with Gasteiger partial charge in [-0.3, -0.25) is 0 Å². The fourth-order valence-corrected chi connectivity index (χ4v) is 3.11. The van der Waals surface area contributed by atoms with Crippen LogP contribution >= 0.6 is 0 Å². The zero-order valence-corrected chi connectivity index (χ0v) is 20.5. The number of ether oxygens (including phenoxy) is 9. The molecule has 0 unspecified atom stereocenters. The lowest BCUT2D eigenvalue weighted by molar-refractivity contribution is 0.0223. The molecular weight excluding hydrogens is 468 g/mol. The molecule has 1 aliphatic heterocycles. The van der Waals surface area contributed by atoms with Gasteiger partial charge in [-0.1, -0.05) is 18.1 Å². The first-order valence-corrected chi connectivity index (χ1v) is 12.0. The fraction of sp³-hybridized carbons (Fsp3) is 0.481. The van der Waals surface area contributed by atoms with Crippen LogP contribution in [-0.4, -0.2) is 85.9 Å². The van der Waals surface area contributed by atoms with E-state index >= 15 is 0 Å². The van der Waals surface area contributed by atoms with Gasteiger partial charge in [0.05, 0.1) is 52.9 Å². The van der Waals surface area contributed by atoms with Crippen LogP contribution in [0.1, 0.15) is 0 Å². The molecular formula is C27H34O9. The first-order chi connectivity index (χ1) is 17.9. The molecule has 36 heavy (non-hydrogen) atoms. The Kier molecular flexibility index (Phi) is 13.2. The van der Waals surface area contributed by atoms with Gasteiger partial charge in [-0.2, -0.15) is 0 Å². The summed E-state index contributed by atoms with van der Waals surface area (Å²) in [5.41, 5.74) is 0. The summed E-state index contributed by atoms with van der Waals surface area (Å²) in [6.07, 6.45) is 5.28. The Labute approximate surface area is 212 Å². The third-order valence-corrected chi connectivity index (χ3v) is 4.77. The van der Waals surface area contributed by atoms with Gasteiger partial charge in [0.1, 0.15) is 38.8 Å². The Balaban J connectivity index is 1.49. The van der Waals surface area contributed by atoms with Crippen molar-refractivity contribution in [1.29, 1.82) is 0 Å². The van der Waals surface area contributed by atoms with Crippen molar-refractivity contribution in [2.24, 2.45) is 0 Å². The SMILES string of the molecule is C#CCOc1ccc2c(c1)OCCOCCOCCOc1ccccc1OCCOCCOCCO2. The van der Waals surface area contributed by atoms with Crippen LogP contribution in [-0.2, 0) is 18.9 Å². The van der Waals surface area contributed by atoms with Crippen LogP contribution in [0.3, 0.4) is 0 Å². The van der Waals surface area contributed by atoms with Crippen molar-refractivity contribution in [3.05, 3.63) is 42.5 Å². The predicted octanol–water partition coefficient (Wildman–Crippen LogP) is 2.99. The number of rotatable bonds is 2. The first-order valence-electron chi connectivity index (χ1n) is 12.0. The van der Waals surface area contributed by atoms with Gasteiger partial charge >= 0.3 is 0 Å². The summed E-state index contributed by atoms with van der Waals surface area (Å²) in [7, 11) is 0. The zero-order chi connectivity index (χ0) is 25.1. The fourth-order valence-electron chi connectivity index (χ4n) is 3.11. The molecule has 0 radical (unpaired) electrons. The Hall–Kier alpha value is -3.16. The molecule has 9 nitrogen and oxygen atoms in total. The molecule has 2 aromatic carbocycles. The van der Waals surface area contributed by atoms with E-state index < -0.39 is 0 Å². The van der Waals surface area contributed by atoms with Crippen LogP contribution in [0, 0.1) is 12.3 Å². The summed E-state index contributed by atoms with van der Waals surface area (Å²) in [5, 5.41) is 0. The second kappa shape index (κ2) is 17.3. The number of terminal acetylenes is 1. The van der Waals surface area contributed by atoms with Crippen molar-refractivity contribution in [2.45, 2.75) is 0 Å². The van der Waals surface area contributed by atoms with Crippen molar-refractivity contribution in [3.8, 4) is 41.1 Å². The minimum atomic E-state index is 0.169. The monoisotopic (exact) mass is 502 g/mol. The van der Waals surface area contributed by atoms with E-state index in [2.05, 4.69) is 5.92 Å². The number of para-hydroxylation sites is 2. The molecule has 0 amide bonds. The molecule has 0 aliphatic carbocycles. The third-order valence-electron chi connectivity index (χ3n) is 4.77. The molecule has 0 saturated heterocycles. The lowest BCUT2D eigenvalue weighted by Gasteiger charge is -2.15. The molecule has 1 heterocycles. The van der Waals surface area contributed by atoms with Gasteiger partial charge in [0, 0.05) is 6.07 Å². The highest BCUT2D eigenvalue weighted by atomic mass is 16.6. The second-order valence-corrected chi connectivity index (χ2v) is 7.39. The lowest BCUT2D eigenvalue weighted by Crippen LogP contribution is -2.15. The van der Waals surface area contributed by atoms with Gasteiger partial charge in [-0.05, 0) is 24.3 Å². The van der Waals surface area contributed by atoms with Gasteiger partial charge in [0.25, 0.3) is 0 Å². The van der Waals surface area contributed by atoms with E-state index in [1.54, 1.807) is 18.2 Å². The maximum atomic E-state index is 5.86. The zero-order valence-electron chi connectivity index (χ0n) is 20.5. The topological polar surface area (TPSA) is 83.1 Å². The average Bonchev–Trinajstić information content (AvgIpc) is 2.90. The summed E-state index contributed by atoms with van der Waals surface area (Å²) in [6, 6.07) is 12.8. The van der Waals surface area contributed by atoms with Crippen molar-refractivity contribution in [1.82, 2.24) is 0 Å². The molecule has 196 valence electrons. The van der Waals surface area contributed by atoms with E-state index in [1.807, 2.05) is 24.3 Å². The van der Waals surface area contributed by atoms with Crippen molar-refractivity contribution in [3.63, 3.8) is 0 Å². The summed E-state index contributed by atoms with van der Waals surface area (Å²) in [6.45, 7) is 5.12. The van der Waals surface area contributed by atoms with Gasteiger partial charge in [0.15, 0.2) is 23.0 Å². The first kappa shape index (κ1) is 27.4. The van der Waals surface area contributed by atoms with Crippen molar-refractivity contribution in [2.75, 3.05) is 85.9 Å². The summed E-state index contributed by atoms with van der Waals surface area (Å²) in [4.78, 5) is 0. The number of fused-ring (bicyclic) bond motifs is 2. The molecule has 0 aromatic heterocycles. The summed E-state index contributed by atoms with van der Waals surface area (Å²) >= 11 is 0. The van der Waals surface area contributed by atoms with Gasteiger partial charge in [-0.15, -0.1) is 6.42 Å². The smallest absolute Gasteiger partial charge is 0.164 e. The average molecular weight is 503 g/mol. The van der Waals surface area contributed by atoms with E-state index in [-0.39, 0.29) is 6.61 Å². The van der Waals surface area contributed by atoms with Crippen LogP contribution in [0.4, 0.5) is 0 Å². The van der Waals surface area contributed by atoms with Crippen molar-refractivity contribution >= 4 is 0 Å². The number of benzene rings is 2. The van der Waals surface area contributed by atoms with E-state index in [9.17, 15) is 0 Å².